The van der Waals surface area contributed by atoms with Crippen molar-refractivity contribution in [1.82, 2.24) is 0 Å². The van der Waals surface area contributed by atoms with Gasteiger partial charge in [-0.3, -0.25) is 4.79 Å². The Balaban J connectivity index is 2.11. The molecule has 0 aliphatic heterocycles. The first-order valence-corrected chi connectivity index (χ1v) is 7.84. The van der Waals surface area contributed by atoms with Gasteiger partial charge in [0.25, 0.3) is 0 Å². The van der Waals surface area contributed by atoms with E-state index in [1.165, 1.54) is 13.2 Å². The van der Waals surface area contributed by atoms with Crippen molar-refractivity contribution in [3.8, 4) is 5.75 Å². The number of amides is 1. The lowest BCUT2D eigenvalue weighted by Crippen LogP contribution is -2.09. The van der Waals surface area contributed by atoms with Gasteiger partial charge in [0.2, 0.25) is 5.91 Å². The van der Waals surface area contributed by atoms with Crippen LogP contribution in [-0.4, -0.2) is 26.1 Å². The molecule has 0 bridgehead atoms. The zero-order valence-corrected chi connectivity index (χ0v) is 14.8. The van der Waals surface area contributed by atoms with Crippen molar-refractivity contribution in [2.45, 2.75) is 0 Å². The van der Waals surface area contributed by atoms with Crippen LogP contribution in [0.2, 0.25) is 0 Å². The van der Waals surface area contributed by atoms with Gasteiger partial charge in [-0.1, -0.05) is 22.0 Å². The fraction of sp³-hybridized carbons (Fsp3) is 0.111. The normalized spacial score (nSPS) is 10.5. The lowest BCUT2D eigenvalue weighted by molar-refractivity contribution is -0.111. The molecule has 6 heteroatoms. The summed E-state index contributed by atoms with van der Waals surface area (Å²) >= 11 is 3.38. The molecule has 124 valence electrons. The van der Waals surface area contributed by atoms with Crippen LogP contribution in [0.3, 0.4) is 0 Å². The second-order valence-electron chi connectivity index (χ2n) is 4.78. The van der Waals surface area contributed by atoms with Crippen LogP contribution in [0.15, 0.2) is 53.0 Å². The van der Waals surface area contributed by atoms with E-state index >= 15 is 0 Å². The van der Waals surface area contributed by atoms with Crippen LogP contribution in [0.5, 0.6) is 5.75 Å². The Morgan fingerprint density at radius 3 is 2.62 bits per heavy atom. The monoisotopic (exact) mass is 389 g/mol. The summed E-state index contributed by atoms with van der Waals surface area (Å²) in [7, 11) is 2.88. The van der Waals surface area contributed by atoms with Crippen molar-refractivity contribution in [3.63, 3.8) is 0 Å². The molecule has 0 unspecified atom stereocenters. The molecule has 24 heavy (non-hydrogen) atoms. The maximum Gasteiger partial charge on any atom is 0.337 e. The van der Waals surface area contributed by atoms with Gasteiger partial charge in [0.15, 0.2) is 0 Å². The highest BCUT2D eigenvalue weighted by Gasteiger charge is 2.07. The second-order valence-corrected chi connectivity index (χ2v) is 5.70. The number of carbonyl (C=O) groups is 2. The molecule has 0 spiro atoms. The molecule has 0 radical (unpaired) electrons. The molecule has 0 aromatic heterocycles. The number of benzene rings is 2. The highest BCUT2D eigenvalue weighted by Crippen LogP contribution is 2.24. The molecule has 2 aromatic rings. The highest BCUT2D eigenvalue weighted by atomic mass is 79.9. The van der Waals surface area contributed by atoms with Crippen molar-refractivity contribution in [2.75, 3.05) is 19.5 Å². The first-order valence-electron chi connectivity index (χ1n) is 7.04. The molecule has 0 aliphatic carbocycles. The average Bonchev–Trinajstić information content (AvgIpc) is 2.59. The molecular formula is C18H16BrNO4. The zero-order chi connectivity index (χ0) is 17.5. The summed E-state index contributed by atoms with van der Waals surface area (Å²) in [5, 5.41) is 2.70. The van der Waals surface area contributed by atoms with Gasteiger partial charge in [-0.15, -0.1) is 0 Å². The molecule has 0 atom stereocenters. The van der Waals surface area contributed by atoms with Gasteiger partial charge in [0, 0.05) is 21.8 Å². The molecule has 0 saturated carbocycles. The molecule has 0 fully saturated rings. The van der Waals surface area contributed by atoms with Gasteiger partial charge in [0.1, 0.15) is 5.75 Å². The van der Waals surface area contributed by atoms with E-state index < -0.39 is 5.97 Å². The topological polar surface area (TPSA) is 64.6 Å². The van der Waals surface area contributed by atoms with E-state index in [2.05, 4.69) is 26.0 Å². The van der Waals surface area contributed by atoms with Crippen LogP contribution in [-0.2, 0) is 9.53 Å². The first kappa shape index (κ1) is 17.7. The van der Waals surface area contributed by atoms with Gasteiger partial charge >= 0.3 is 5.97 Å². The lowest BCUT2D eigenvalue weighted by atomic mass is 10.2. The van der Waals surface area contributed by atoms with Crippen LogP contribution < -0.4 is 10.1 Å². The van der Waals surface area contributed by atoms with Crippen molar-refractivity contribution >= 4 is 39.6 Å². The van der Waals surface area contributed by atoms with Crippen LogP contribution >= 0.6 is 15.9 Å². The third-order valence-electron chi connectivity index (χ3n) is 3.16. The van der Waals surface area contributed by atoms with Gasteiger partial charge in [-0.25, -0.2) is 4.79 Å². The number of hydrogen-bond acceptors (Lipinski definition) is 4. The third kappa shape index (κ3) is 4.70. The third-order valence-corrected chi connectivity index (χ3v) is 3.65. The van der Waals surface area contributed by atoms with Crippen molar-refractivity contribution in [3.05, 3.63) is 64.1 Å². The fourth-order valence-electron chi connectivity index (χ4n) is 2.03. The van der Waals surface area contributed by atoms with E-state index in [0.717, 1.165) is 10.0 Å². The van der Waals surface area contributed by atoms with E-state index in [9.17, 15) is 9.59 Å². The van der Waals surface area contributed by atoms with Crippen LogP contribution in [0.4, 0.5) is 5.69 Å². The molecule has 0 aliphatic rings. The number of halogens is 1. The molecule has 0 heterocycles. The van der Waals surface area contributed by atoms with E-state index in [1.54, 1.807) is 37.5 Å². The van der Waals surface area contributed by atoms with Crippen molar-refractivity contribution < 1.29 is 19.1 Å². The number of carbonyl (C=O) groups excluding carboxylic acids is 2. The summed E-state index contributed by atoms with van der Waals surface area (Å²) in [4.78, 5) is 23.6. The minimum absolute atomic E-state index is 0.320. The predicted molar refractivity (Wildman–Crippen MR) is 96.1 cm³/mol. The number of rotatable bonds is 5. The number of ether oxygens (including phenoxy) is 2. The maximum atomic E-state index is 12.1. The molecule has 0 saturated heterocycles. The van der Waals surface area contributed by atoms with Crippen LogP contribution in [0, 0.1) is 0 Å². The van der Waals surface area contributed by atoms with Crippen LogP contribution in [0.25, 0.3) is 6.08 Å². The summed E-state index contributed by atoms with van der Waals surface area (Å²) in [5.41, 5.74) is 1.65. The van der Waals surface area contributed by atoms with Gasteiger partial charge in [-0.2, -0.15) is 0 Å². The van der Waals surface area contributed by atoms with Gasteiger partial charge in [-0.05, 0) is 42.5 Å². The van der Waals surface area contributed by atoms with E-state index in [-0.39, 0.29) is 5.91 Å². The Hall–Kier alpha value is -2.60. The van der Waals surface area contributed by atoms with E-state index in [0.29, 0.717) is 17.0 Å². The summed E-state index contributed by atoms with van der Waals surface area (Å²) in [6, 6.07) is 12.0. The zero-order valence-electron chi connectivity index (χ0n) is 13.2. The Labute approximate surface area is 148 Å². The van der Waals surface area contributed by atoms with E-state index in [4.69, 9.17) is 4.74 Å². The number of hydrogen-bond donors (Lipinski definition) is 1. The molecule has 2 aromatic carbocycles. The first-order chi connectivity index (χ1) is 11.5. The maximum absolute atomic E-state index is 12.1. The number of methoxy groups -OCH3 is 2. The SMILES string of the molecule is COC(=O)c1cccc(NC(=O)/C=C/c2cc(Br)ccc2OC)c1. The quantitative estimate of drug-likeness (QED) is 0.622. The van der Waals surface area contributed by atoms with Gasteiger partial charge < -0.3 is 14.8 Å². The Morgan fingerprint density at radius 1 is 1.12 bits per heavy atom. The summed E-state index contributed by atoms with van der Waals surface area (Å²) < 4.78 is 10.8. The minimum atomic E-state index is -0.458. The van der Waals surface area contributed by atoms with Crippen molar-refractivity contribution in [1.29, 1.82) is 0 Å². The molecule has 2 rings (SSSR count). The van der Waals surface area contributed by atoms with Gasteiger partial charge in [0.05, 0.1) is 19.8 Å². The summed E-state index contributed by atoms with van der Waals surface area (Å²) in [6.45, 7) is 0. The van der Waals surface area contributed by atoms with Crippen LogP contribution in [0.1, 0.15) is 15.9 Å². The minimum Gasteiger partial charge on any atom is -0.496 e. The number of esters is 1. The molecule has 5 nitrogen and oxygen atoms in total. The Bertz CT molecular complexity index is 786. The average molecular weight is 390 g/mol. The Kier molecular flexibility index (Phi) is 6.14. The summed E-state index contributed by atoms with van der Waals surface area (Å²) in [6.07, 6.45) is 3.05. The summed E-state index contributed by atoms with van der Waals surface area (Å²) in [5.74, 6) is -0.116. The number of anilines is 1. The predicted octanol–water partition coefficient (Wildman–Crippen LogP) is 3.90. The highest BCUT2D eigenvalue weighted by molar-refractivity contribution is 9.10. The van der Waals surface area contributed by atoms with Crippen molar-refractivity contribution in [2.24, 2.45) is 0 Å². The van der Waals surface area contributed by atoms with E-state index in [1.807, 2.05) is 18.2 Å². The second kappa shape index (κ2) is 8.31. The number of nitrogens with one attached hydrogen (secondary N) is 1. The standard InChI is InChI=1S/C18H16BrNO4/c1-23-16-8-7-14(19)10-12(16)6-9-17(21)20-15-5-3-4-13(11-15)18(22)24-2/h3-11H,1-2H3,(H,20,21)/b9-6+. The molecular weight excluding hydrogens is 374 g/mol. The fourth-order valence-corrected chi connectivity index (χ4v) is 2.41. The lowest BCUT2D eigenvalue weighted by Gasteiger charge is -2.06. The smallest absolute Gasteiger partial charge is 0.337 e. The molecule has 1 N–H and O–H groups in total. The Morgan fingerprint density at radius 2 is 1.92 bits per heavy atom. The largest absolute Gasteiger partial charge is 0.496 e. The molecule has 1 amide bonds.